The number of aromatic nitrogens is 2. The molecular weight excluding hydrogens is 365 g/mol. The second kappa shape index (κ2) is 9.26. The molecule has 2 aliphatic heterocycles. The minimum absolute atomic E-state index is 0.108. The molecule has 0 N–H and O–H groups in total. The molecule has 1 aromatic carbocycles. The van der Waals surface area contributed by atoms with Crippen molar-refractivity contribution in [1.29, 1.82) is 0 Å². The molecule has 4 rings (SSSR count). The number of halogens is 1. The first-order chi connectivity index (χ1) is 14.2. The van der Waals surface area contributed by atoms with Crippen molar-refractivity contribution in [3.8, 4) is 0 Å². The van der Waals surface area contributed by atoms with Crippen LogP contribution in [0, 0.1) is 12.7 Å². The van der Waals surface area contributed by atoms with Gasteiger partial charge in [-0.2, -0.15) is 5.10 Å². The lowest BCUT2D eigenvalue weighted by Gasteiger charge is -2.44. The number of para-hydroxylation sites is 1. The van der Waals surface area contributed by atoms with Crippen LogP contribution in [0.15, 0.2) is 30.5 Å². The molecule has 2 fully saturated rings. The number of rotatable bonds is 6. The largest absolute Gasteiger partial charge is 0.367 e. The summed E-state index contributed by atoms with van der Waals surface area (Å²) in [7, 11) is 0. The molecule has 3 heterocycles. The first-order valence-corrected chi connectivity index (χ1v) is 11.1. The van der Waals surface area contributed by atoms with Crippen molar-refractivity contribution in [3.05, 3.63) is 47.5 Å². The molecule has 6 heteroatoms. The molecule has 29 heavy (non-hydrogen) atoms. The Balaban J connectivity index is 1.32. The van der Waals surface area contributed by atoms with Crippen LogP contribution in [0.4, 0.5) is 10.1 Å². The van der Waals surface area contributed by atoms with Gasteiger partial charge in [-0.3, -0.25) is 14.5 Å². The number of anilines is 1. The second-order valence-electron chi connectivity index (χ2n) is 8.48. The molecule has 0 unspecified atom stereocenters. The van der Waals surface area contributed by atoms with E-state index in [9.17, 15) is 4.39 Å². The maximum atomic E-state index is 14.1. The highest BCUT2D eigenvalue weighted by Crippen LogP contribution is 2.24. The van der Waals surface area contributed by atoms with E-state index in [1.54, 1.807) is 12.1 Å². The van der Waals surface area contributed by atoms with Gasteiger partial charge in [-0.25, -0.2) is 4.39 Å². The van der Waals surface area contributed by atoms with Gasteiger partial charge >= 0.3 is 0 Å². The number of likely N-dealkylation sites (tertiary alicyclic amines) is 1. The summed E-state index contributed by atoms with van der Waals surface area (Å²) in [5.74, 6) is -0.108. The minimum Gasteiger partial charge on any atom is -0.367 e. The van der Waals surface area contributed by atoms with Gasteiger partial charge in [0.2, 0.25) is 0 Å². The Kier molecular flexibility index (Phi) is 6.50. The van der Waals surface area contributed by atoms with E-state index in [0.717, 1.165) is 57.9 Å². The van der Waals surface area contributed by atoms with E-state index in [0.29, 0.717) is 6.04 Å². The third-order valence-corrected chi connectivity index (χ3v) is 6.54. The molecule has 1 aromatic heterocycles. The van der Waals surface area contributed by atoms with Crippen LogP contribution in [0.25, 0.3) is 0 Å². The molecule has 0 amide bonds. The van der Waals surface area contributed by atoms with E-state index in [-0.39, 0.29) is 5.82 Å². The smallest absolute Gasteiger partial charge is 0.146 e. The van der Waals surface area contributed by atoms with Gasteiger partial charge in [0.25, 0.3) is 0 Å². The number of nitrogens with zero attached hydrogens (tertiary/aromatic N) is 5. The van der Waals surface area contributed by atoms with Crippen LogP contribution in [0.1, 0.15) is 37.4 Å². The number of hydrogen-bond donors (Lipinski definition) is 0. The summed E-state index contributed by atoms with van der Waals surface area (Å²) in [6.07, 6.45) is 5.69. The number of aryl methyl sites for hydroxylation is 1. The molecule has 5 nitrogen and oxygen atoms in total. The quantitative estimate of drug-likeness (QED) is 0.743. The monoisotopic (exact) mass is 399 g/mol. The average Bonchev–Trinajstić information content (AvgIpc) is 3.08. The van der Waals surface area contributed by atoms with Crippen LogP contribution in [-0.2, 0) is 13.1 Å². The topological polar surface area (TPSA) is 27.5 Å². The highest BCUT2D eigenvalue weighted by atomic mass is 19.1. The fraction of sp³-hybridized carbons (Fsp3) is 0.609. The molecule has 0 saturated carbocycles. The first kappa shape index (κ1) is 20.4. The van der Waals surface area contributed by atoms with Crippen LogP contribution in [-0.4, -0.2) is 64.9 Å². The highest BCUT2D eigenvalue weighted by Gasteiger charge is 2.29. The average molecular weight is 400 g/mol. The van der Waals surface area contributed by atoms with Crippen LogP contribution in [0.3, 0.4) is 0 Å². The van der Waals surface area contributed by atoms with Crippen molar-refractivity contribution >= 4 is 5.69 Å². The lowest BCUT2D eigenvalue weighted by Crippen LogP contribution is -2.55. The SMILES string of the molecule is CCCn1ncc(CN2CCC[C@@H](N3CCN(c4ccccc4F)CC3)C2)c1C. The molecule has 0 radical (unpaired) electrons. The van der Waals surface area contributed by atoms with Crippen molar-refractivity contribution < 1.29 is 4.39 Å². The van der Waals surface area contributed by atoms with Crippen molar-refractivity contribution in [2.24, 2.45) is 0 Å². The molecule has 2 aliphatic rings. The number of piperidine rings is 1. The molecule has 2 saturated heterocycles. The molecule has 1 atom stereocenters. The zero-order valence-corrected chi connectivity index (χ0v) is 17.9. The fourth-order valence-electron chi connectivity index (χ4n) is 4.83. The molecular formula is C23H34FN5. The predicted octanol–water partition coefficient (Wildman–Crippen LogP) is 3.53. The lowest BCUT2D eigenvalue weighted by molar-refractivity contribution is 0.0885. The molecule has 0 spiro atoms. The zero-order valence-electron chi connectivity index (χ0n) is 17.9. The fourth-order valence-corrected chi connectivity index (χ4v) is 4.83. The highest BCUT2D eigenvalue weighted by molar-refractivity contribution is 5.48. The van der Waals surface area contributed by atoms with Gasteiger partial charge in [-0.15, -0.1) is 0 Å². The van der Waals surface area contributed by atoms with E-state index >= 15 is 0 Å². The maximum Gasteiger partial charge on any atom is 0.146 e. The Morgan fingerprint density at radius 1 is 1.10 bits per heavy atom. The summed E-state index contributed by atoms with van der Waals surface area (Å²) >= 11 is 0. The third-order valence-electron chi connectivity index (χ3n) is 6.54. The number of hydrogen-bond acceptors (Lipinski definition) is 4. The number of benzene rings is 1. The van der Waals surface area contributed by atoms with Crippen molar-refractivity contribution in [2.45, 2.75) is 52.2 Å². The van der Waals surface area contributed by atoms with E-state index in [1.165, 1.54) is 30.6 Å². The Labute approximate surface area is 174 Å². The van der Waals surface area contributed by atoms with Gasteiger partial charge in [0, 0.05) is 63.1 Å². The zero-order chi connectivity index (χ0) is 20.2. The third kappa shape index (κ3) is 4.64. The van der Waals surface area contributed by atoms with Crippen LogP contribution in [0.5, 0.6) is 0 Å². The molecule has 0 aliphatic carbocycles. The van der Waals surface area contributed by atoms with Crippen molar-refractivity contribution in [1.82, 2.24) is 19.6 Å². The van der Waals surface area contributed by atoms with E-state index in [4.69, 9.17) is 0 Å². The second-order valence-corrected chi connectivity index (χ2v) is 8.48. The molecule has 2 aromatic rings. The Bertz CT molecular complexity index is 796. The van der Waals surface area contributed by atoms with E-state index in [1.807, 2.05) is 12.1 Å². The maximum absolute atomic E-state index is 14.1. The number of piperazine rings is 1. The van der Waals surface area contributed by atoms with Crippen molar-refractivity contribution in [3.63, 3.8) is 0 Å². The summed E-state index contributed by atoms with van der Waals surface area (Å²) < 4.78 is 16.2. The standard InChI is InChI=1S/C23H34FN5/c1-3-10-29-19(2)20(16-25-29)17-26-11-6-7-21(18-26)27-12-14-28(15-13-27)23-9-5-4-8-22(23)24/h4-5,8-9,16,21H,3,6-7,10-15,17-18H2,1-2H3/t21-/m1/s1. The van der Waals surface area contributed by atoms with Gasteiger partial charge in [0.15, 0.2) is 0 Å². The summed E-state index contributed by atoms with van der Waals surface area (Å²) in [4.78, 5) is 7.41. The summed E-state index contributed by atoms with van der Waals surface area (Å²) in [6, 6.07) is 7.76. The van der Waals surface area contributed by atoms with E-state index in [2.05, 4.69) is 44.5 Å². The first-order valence-electron chi connectivity index (χ1n) is 11.1. The predicted molar refractivity (Wildman–Crippen MR) is 116 cm³/mol. The molecule has 158 valence electrons. The van der Waals surface area contributed by atoms with Gasteiger partial charge < -0.3 is 4.90 Å². The van der Waals surface area contributed by atoms with Crippen LogP contribution < -0.4 is 4.90 Å². The van der Waals surface area contributed by atoms with Gasteiger partial charge in [-0.05, 0) is 44.9 Å². The summed E-state index contributed by atoms with van der Waals surface area (Å²) in [5, 5.41) is 4.57. The summed E-state index contributed by atoms with van der Waals surface area (Å²) in [6.45, 7) is 12.5. The van der Waals surface area contributed by atoms with Gasteiger partial charge in [-0.1, -0.05) is 19.1 Å². The van der Waals surface area contributed by atoms with Crippen LogP contribution >= 0.6 is 0 Å². The normalized spacial score (nSPS) is 21.6. The minimum atomic E-state index is -0.108. The van der Waals surface area contributed by atoms with Gasteiger partial charge in [0.1, 0.15) is 5.82 Å². The Hall–Kier alpha value is -1.92. The van der Waals surface area contributed by atoms with E-state index < -0.39 is 0 Å². The lowest BCUT2D eigenvalue weighted by atomic mass is 10.0. The van der Waals surface area contributed by atoms with Gasteiger partial charge in [0.05, 0.1) is 11.9 Å². The Morgan fingerprint density at radius 2 is 1.90 bits per heavy atom. The summed E-state index contributed by atoms with van der Waals surface area (Å²) in [5.41, 5.74) is 3.42. The molecule has 0 bridgehead atoms. The Morgan fingerprint density at radius 3 is 2.66 bits per heavy atom. The van der Waals surface area contributed by atoms with Crippen LogP contribution in [0.2, 0.25) is 0 Å². The van der Waals surface area contributed by atoms with Crippen molar-refractivity contribution in [2.75, 3.05) is 44.2 Å².